The van der Waals surface area contributed by atoms with Crippen molar-refractivity contribution in [3.8, 4) is 0 Å². The van der Waals surface area contributed by atoms with Gasteiger partial charge in [-0.3, -0.25) is 4.79 Å². The first-order valence-electron chi connectivity index (χ1n) is 8.66. The number of anilines is 2. The predicted molar refractivity (Wildman–Crippen MR) is 103 cm³/mol. The number of carbonyl (C=O) groups is 1. The summed E-state index contributed by atoms with van der Waals surface area (Å²) in [6, 6.07) is 15.3. The van der Waals surface area contributed by atoms with Crippen LogP contribution < -0.4 is 4.90 Å². The highest BCUT2D eigenvalue weighted by molar-refractivity contribution is 5.72. The summed E-state index contributed by atoms with van der Waals surface area (Å²) in [5.74, 6) is 0.577. The molecule has 2 aromatic rings. The summed E-state index contributed by atoms with van der Waals surface area (Å²) in [4.78, 5) is 12.7. The average molecular weight is 333 g/mol. The van der Waals surface area contributed by atoms with E-state index in [1.807, 2.05) is 12.2 Å². The summed E-state index contributed by atoms with van der Waals surface area (Å²) in [6.45, 7) is 5.34. The van der Waals surface area contributed by atoms with Crippen LogP contribution in [0, 0.1) is 0 Å². The van der Waals surface area contributed by atoms with Crippen LogP contribution in [0.25, 0.3) is 6.08 Å². The maximum Gasteiger partial charge on any atom is 0.298 e. The minimum Gasteiger partial charge on any atom is -0.434 e. The molecule has 0 aromatic heterocycles. The zero-order valence-corrected chi connectivity index (χ0v) is 14.7. The minimum atomic E-state index is 0.444. The number of aryl methyl sites for hydroxylation is 2. The van der Waals surface area contributed by atoms with Crippen LogP contribution >= 0.6 is 0 Å². The molecule has 128 valence electrons. The van der Waals surface area contributed by atoms with Gasteiger partial charge < -0.3 is 9.64 Å². The van der Waals surface area contributed by atoms with Gasteiger partial charge in [-0.15, -0.1) is 0 Å². The maximum absolute atomic E-state index is 10.3. The highest BCUT2D eigenvalue weighted by Crippen LogP contribution is 2.36. The number of para-hydroxylation sites is 1. The Balaban J connectivity index is 1.90. The molecule has 0 amide bonds. The highest BCUT2D eigenvalue weighted by atomic mass is 16.5. The Morgan fingerprint density at radius 2 is 1.88 bits per heavy atom. The number of nitrogens with zero attached hydrogens (tertiary/aromatic N) is 1. The lowest BCUT2D eigenvalue weighted by atomic mass is 10.0. The van der Waals surface area contributed by atoms with E-state index in [-0.39, 0.29) is 0 Å². The molecule has 0 bridgehead atoms. The second-order valence-electron chi connectivity index (χ2n) is 6.11. The fraction of sp³-hybridized carbons (Fsp3) is 0.227. The smallest absolute Gasteiger partial charge is 0.298 e. The second kappa shape index (κ2) is 7.84. The van der Waals surface area contributed by atoms with Gasteiger partial charge in [0.05, 0.1) is 0 Å². The highest BCUT2D eigenvalue weighted by Gasteiger charge is 2.18. The van der Waals surface area contributed by atoms with Crippen molar-refractivity contribution in [2.45, 2.75) is 26.7 Å². The van der Waals surface area contributed by atoms with Gasteiger partial charge in [-0.05, 0) is 67.7 Å². The first kappa shape index (κ1) is 17.0. The van der Waals surface area contributed by atoms with E-state index in [1.54, 1.807) is 13.0 Å². The lowest BCUT2D eigenvalue weighted by molar-refractivity contribution is -0.124. The van der Waals surface area contributed by atoms with Crippen molar-refractivity contribution in [1.82, 2.24) is 0 Å². The SMILES string of the molecule is CCN1c2ccccc2CCc2cc(/C=C/C=C(/C)OC=O)ccc21. The maximum atomic E-state index is 10.3. The Kier molecular flexibility index (Phi) is 5.34. The molecule has 0 N–H and O–H groups in total. The van der Waals surface area contributed by atoms with Crippen LogP contribution in [0.2, 0.25) is 0 Å². The fourth-order valence-electron chi connectivity index (χ4n) is 3.31. The van der Waals surface area contributed by atoms with Gasteiger partial charge in [0.15, 0.2) is 0 Å². The van der Waals surface area contributed by atoms with Gasteiger partial charge in [-0.25, -0.2) is 0 Å². The Morgan fingerprint density at radius 1 is 1.12 bits per heavy atom. The van der Waals surface area contributed by atoms with E-state index in [2.05, 4.69) is 54.3 Å². The normalized spacial score (nSPS) is 14.0. The molecular weight excluding hydrogens is 310 g/mol. The van der Waals surface area contributed by atoms with E-state index in [0.717, 1.165) is 24.9 Å². The monoisotopic (exact) mass is 333 g/mol. The van der Waals surface area contributed by atoms with Gasteiger partial charge >= 0.3 is 0 Å². The van der Waals surface area contributed by atoms with Crippen LogP contribution in [0.5, 0.6) is 0 Å². The molecule has 0 unspecified atom stereocenters. The number of carbonyl (C=O) groups excluding carboxylic acids is 1. The molecule has 25 heavy (non-hydrogen) atoms. The van der Waals surface area contributed by atoms with Crippen molar-refractivity contribution in [3.63, 3.8) is 0 Å². The number of hydrogen-bond acceptors (Lipinski definition) is 3. The molecule has 0 fully saturated rings. The van der Waals surface area contributed by atoms with Crippen molar-refractivity contribution in [2.24, 2.45) is 0 Å². The molecule has 0 saturated heterocycles. The molecule has 1 aliphatic heterocycles. The van der Waals surface area contributed by atoms with Crippen LogP contribution in [-0.4, -0.2) is 13.0 Å². The largest absolute Gasteiger partial charge is 0.434 e. The Labute approximate surface area is 149 Å². The molecule has 0 aliphatic carbocycles. The van der Waals surface area contributed by atoms with Crippen molar-refractivity contribution in [1.29, 1.82) is 0 Å². The number of fused-ring (bicyclic) bond motifs is 2. The molecule has 1 aliphatic rings. The van der Waals surface area contributed by atoms with Gasteiger partial charge in [-0.2, -0.15) is 0 Å². The molecule has 3 heteroatoms. The number of rotatable bonds is 5. The Hall–Kier alpha value is -2.81. The van der Waals surface area contributed by atoms with Crippen molar-refractivity contribution in [2.75, 3.05) is 11.4 Å². The molecule has 2 aromatic carbocycles. The van der Waals surface area contributed by atoms with Crippen molar-refractivity contribution < 1.29 is 9.53 Å². The number of hydrogen-bond donors (Lipinski definition) is 0. The van der Waals surface area contributed by atoms with Gasteiger partial charge in [0.2, 0.25) is 0 Å². The average Bonchev–Trinajstić information content (AvgIpc) is 2.78. The van der Waals surface area contributed by atoms with Gasteiger partial charge in [-0.1, -0.05) is 36.4 Å². The van der Waals surface area contributed by atoms with E-state index in [0.29, 0.717) is 12.2 Å². The predicted octanol–water partition coefficient (Wildman–Crippen LogP) is 5.03. The van der Waals surface area contributed by atoms with E-state index in [1.165, 1.54) is 22.5 Å². The van der Waals surface area contributed by atoms with E-state index in [9.17, 15) is 4.79 Å². The zero-order valence-electron chi connectivity index (χ0n) is 14.7. The summed E-state index contributed by atoms with van der Waals surface area (Å²) >= 11 is 0. The topological polar surface area (TPSA) is 29.5 Å². The van der Waals surface area contributed by atoms with Crippen LogP contribution in [0.4, 0.5) is 11.4 Å². The molecule has 0 saturated carbocycles. The van der Waals surface area contributed by atoms with Gasteiger partial charge in [0, 0.05) is 17.9 Å². The first-order valence-corrected chi connectivity index (χ1v) is 8.66. The lowest BCUT2D eigenvalue weighted by Crippen LogP contribution is -2.17. The Bertz CT molecular complexity index is 821. The van der Waals surface area contributed by atoms with Crippen molar-refractivity contribution in [3.05, 3.63) is 77.1 Å². The quantitative estimate of drug-likeness (QED) is 0.436. The lowest BCUT2D eigenvalue weighted by Gasteiger charge is -2.25. The van der Waals surface area contributed by atoms with E-state index >= 15 is 0 Å². The number of allylic oxidation sites excluding steroid dienone is 3. The molecule has 1 heterocycles. The second-order valence-corrected chi connectivity index (χ2v) is 6.11. The zero-order chi connectivity index (χ0) is 17.6. The van der Waals surface area contributed by atoms with Crippen molar-refractivity contribution >= 4 is 23.9 Å². The molecule has 0 atom stereocenters. The molecular formula is C22H23NO2. The van der Waals surface area contributed by atoms with Gasteiger partial charge in [0.1, 0.15) is 5.76 Å². The minimum absolute atomic E-state index is 0.444. The third kappa shape index (κ3) is 3.82. The first-order chi connectivity index (χ1) is 12.2. The third-order valence-corrected chi connectivity index (χ3v) is 4.51. The third-order valence-electron chi connectivity index (χ3n) is 4.51. The van der Waals surface area contributed by atoms with Crippen LogP contribution in [0.15, 0.2) is 60.4 Å². The molecule has 0 spiro atoms. The summed E-state index contributed by atoms with van der Waals surface area (Å²) in [5.41, 5.74) is 6.53. The summed E-state index contributed by atoms with van der Waals surface area (Å²) in [7, 11) is 0. The summed E-state index contributed by atoms with van der Waals surface area (Å²) < 4.78 is 4.77. The standard InChI is InChI=1S/C22H23NO2/c1-3-23-21-10-5-4-9-19(21)12-13-20-15-18(11-14-22(20)23)8-6-7-17(2)25-16-24/h4-11,14-16H,3,12-13H2,1-2H3/b8-6+,17-7-. The van der Waals surface area contributed by atoms with E-state index in [4.69, 9.17) is 4.74 Å². The Morgan fingerprint density at radius 3 is 2.68 bits per heavy atom. The van der Waals surface area contributed by atoms with Gasteiger partial charge in [0.25, 0.3) is 6.47 Å². The number of ether oxygens (including phenoxy) is 1. The summed E-state index contributed by atoms with van der Waals surface area (Å²) in [6.07, 6.45) is 7.82. The van der Waals surface area contributed by atoms with Crippen LogP contribution in [0.3, 0.4) is 0 Å². The fourth-order valence-corrected chi connectivity index (χ4v) is 3.31. The number of benzene rings is 2. The molecule has 3 nitrogen and oxygen atoms in total. The summed E-state index contributed by atoms with van der Waals surface area (Å²) in [5, 5.41) is 0. The molecule has 0 radical (unpaired) electrons. The van der Waals surface area contributed by atoms with Crippen LogP contribution in [-0.2, 0) is 22.4 Å². The van der Waals surface area contributed by atoms with Crippen LogP contribution in [0.1, 0.15) is 30.5 Å². The molecule has 3 rings (SSSR count). The van der Waals surface area contributed by atoms with E-state index < -0.39 is 0 Å².